The molecule has 0 aromatic heterocycles. The summed E-state index contributed by atoms with van der Waals surface area (Å²) >= 11 is 0. The minimum atomic E-state index is -1.63. The quantitative estimate of drug-likeness (QED) is 0.0195. The van der Waals surface area contributed by atoms with Gasteiger partial charge in [-0.05, 0) is 109 Å². The average Bonchev–Trinajstić information content (AvgIpc) is 3.24. The maximum Gasteiger partial charge on any atom is 0.306 e. The van der Waals surface area contributed by atoms with Crippen LogP contribution in [0.4, 0.5) is 0 Å². The molecule has 95 heavy (non-hydrogen) atoms. The Morgan fingerprint density at radius 1 is 0.326 bits per heavy atom. The van der Waals surface area contributed by atoms with Crippen LogP contribution in [0.5, 0.6) is 0 Å². The summed E-state index contributed by atoms with van der Waals surface area (Å²) in [5.74, 6) is -2.30. The summed E-state index contributed by atoms with van der Waals surface area (Å²) < 4.78 is 22.8. The highest BCUT2D eigenvalue weighted by Crippen LogP contribution is 2.18. The van der Waals surface area contributed by atoms with Gasteiger partial charge in [-0.2, -0.15) is 0 Å². The number of hydrogen-bond acceptors (Lipinski definition) is 8. The largest absolute Gasteiger partial charge is 0.545 e. The molecule has 2 unspecified atom stereocenters. The number of unbranched alkanes of at least 4 members (excludes halogenated alkanes) is 38. The van der Waals surface area contributed by atoms with Gasteiger partial charge in [0.1, 0.15) is 13.2 Å². The van der Waals surface area contributed by atoms with Crippen molar-refractivity contribution >= 4 is 17.9 Å². The number of nitrogens with zero attached hydrogens (tertiary/aromatic N) is 1. The van der Waals surface area contributed by atoms with E-state index in [9.17, 15) is 19.5 Å². The van der Waals surface area contributed by atoms with Crippen LogP contribution in [-0.2, 0) is 33.3 Å². The zero-order valence-corrected chi connectivity index (χ0v) is 62.5. The second-order valence-corrected chi connectivity index (χ2v) is 27.6. The topological polar surface area (TPSA) is 111 Å². The van der Waals surface area contributed by atoms with Crippen LogP contribution in [0.3, 0.4) is 0 Å². The van der Waals surface area contributed by atoms with Crippen molar-refractivity contribution in [2.75, 3.05) is 47.5 Å². The lowest BCUT2D eigenvalue weighted by Gasteiger charge is -2.26. The van der Waals surface area contributed by atoms with Gasteiger partial charge in [0, 0.05) is 12.8 Å². The number of rotatable bonds is 73. The molecule has 0 rings (SSSR count). The Balaban J connectivity index is 4.05. The van der Waals surface area contributed by atoms with Crippen molar-refractivity contribution in [3.63, 3.8) is 0 Å². The van der Waals surface area contributed by atoms with Crippen molar-refractivity contribution in [1.82, 2.24) is 0 Å². The molecule has 9 nitrogen and oxygen atoms in total. The summed E-state index contributed by atoms with van der Waals surface area (Å²) in [7, 11) is 5.93. The summed E-state index contributed by atoms with van der Waals surface area (Å²) in [6.45, 7) is 4.63. The van der Waals surface area contributed by atoms with Gasteiger partial charge in [-0.15, -0.1) is 0 Å². The van der Waals surface area contributed by atoms with E-state index >= 15 is 0 Å². The molecule has 0 amide bonds. The van der Waals surface area contributed by atoms with Crippen LogP contribution in [0.15, 0.2) is 122 Å². The summed E-state index contributed by atoms with van der Waals surface area (Å²) in [6, 6.07) is 0. The number of carbonyl (C=O) groups is 3. The summed E-state index contributed by atoms with van der Waals surface area (Å²) in [4.78, 5) is 37.6. The molecule has 0 aromatic rings. The Labute approximate surface area is 587 Å². The van der Waals surface area contributed by atoms with Crippen LogP contribution in [0.1, 0.15) is 348 Å². The maximum atomic E-state index is 13.0. The van der Waals surface area contributed by atoms with E-state index in [1.54, 1.807) is 0 Å². The first-order valence-electron chi connectivity index (χ1n) is 39.7. The van der Waals surface area contributed by atoms with Crippen LogP contribution < -0.4 is 5.11 Å². The highest BCUT2D eigenvalue weighted by atomic mass is 16.7. The fourth-order valence-corrected chi connectivity index (χ4v) is 11.2. The average molecular weight is 1330 g/mol. The Kier molecular flexibility index (Phi) is 72.0. The van der Waals surface area contributed by atoms with Gasteiger partial charge in [0.15, 0.2) is 12.4 Å². The van der Waals surface area contributed by atoms with Crippen LogP contribution in [-0.4, -0.2) is 82.3 Å². The molecule has 0 N–H and O–H groups in total. The highest BCUT2D eigenvalue weighted by molar-refractivity contribution is 5.70. The number of carboxylic acids is 1. The number of carbonyl (C=O) groups excluding carboxylic acids is 3. The number of aliphatic carboxylic acids is 1. The normalized spacial score (nSPS) is 13.3. The van der Waals surface area contributed by atoms with Gasteiger partial charge in [-0.1, -0.05) is 347 Å². The van der Waals surface area contributed by atoms with E-state index in [0.29, 0.717) is 17.4 Å². The van der Waals surface area contributed by atoms with E-state index < -0.39 is 24.3 Å². The number of hydrogen-bond donors (Lipinski definition) is 0. The van der Waals surface area contributed by atoms with E-state index in [1.165, 1.54) is 199 Å². The molecular weight excluding hydrogens is 1170 g/mol. The minimum absolute atomic E-state index is 0.140. The monoisotopic (exact) mass is 1320 g/mol. The number of ether oxygens (including phenoxy) is 4. The smallest absolute Gasteiger partial charge is 0.306 e. The van der Waals surface area contributed by atoms with E-state index in [2.05, 4.69) is 135 Å². The standard InChI is InChI=1S/C86H149NO8/c1-6-8-10-12-14-16-18-20-22-24-26-28-30-32-34-36-38-39-40-41-42-43-44-45-47-48-50-52-54-56-58-60-62-64-66-68-70-72-74-76-83(88)93-80-82(81-94-86(85(90)91)92-79-78-87(3,4)5)95-84(89)77-75-73-71-69-67-65-63-61-59-57-55-53-51-49-46-37-35-33-31-29-27-25-23-21-19-17-15-13-11-9-7-2/h9,11,15,17-18,20-21,23-24,26-27,29,33,35,46,49,53,55,59,61,82,86H,6-8,10,12-14,16,19,22,25,28,30-32,34,36-45,47-48,50-52,54,56-58,60,62-81H2,1-5H3/b11-9-,17-15-,20-18-,23-21-,26-24-,29-27-,35-33-,49-46-,55-53-,61-59-. The fourth-order valence-electron chi connectivity index (χ4n) is 11.2. The highest BCUT2D eigenvalue weighted by Gasteiger charge is 2.22. The molecule has 9 heteroatoms. The Morgan fingerprint density at radius 3 is 0.895 bits per heavy atom. The van der Waals surface area contributed by atoms with Crippen LogP contribution in [0.25, 0.3) is 0 Å². The molecule has 0 saturated carbocycles. The van der Waals surface area contributed by atoms with Gasteiger partial charge in [0.2, 0.25) is 0 Å². The molecule has 0 radical (unpaired) electrons. The van der Waals surface area contributed by atoms with Gasteiger partial charge in [0.05, 0.1) is 40.3 Å². The lowest BCUT2D eigenvalue weighted by Crippen LogP contribution is -2.44. The molecule has 0 fully saturated rings. The van der Waals surface area contributed by atoms with Gasteiger partial charge in [-0.25, -0.2) is 0 Å². The second kappa shape index (κ2) is 75.5. The molecule has 546 valence electrons. The van der Waals surface area contributed by atoms with Crippen molar-refractivity contribution in [3.8, 4) is 0 Å². The van der Waals surface area contributed by atoms with Gasteiger partial charge in [0.25, 0.3) is 0 Å². The van der Waals surface area contributed by atoms with E-state index in [1.807, 2.05) is 21.1 Å². The number of quaternary nitrogens is 1. The number of esters is 2. The zero-order chi connectivity index (χ0) is 69.0. The lowest BCUT2D eigenvalue weighted by molar-refractivity contribution is -0.870. The van der Waals surface area contributed by atoms with Crippen molar-refractivity contribution in [1.29, 1.82) is 0 Å². The van der Waals surface area contributed by atoms with Crippen LogP contribution >= 0.6 is 0 Å². The van der Waals surface area contributed by atoms with Crippen molar-refractivity contribution in [2.24, 2.45) is 0 Å². The fraction of sp³-hybridized carbons (Fsp3) is 0.733. The summed E-state index contributed by atoms with van der Waals surface area (Å²) in [6.07, 6.45) is 105. The van der Waals surface area contributed by atoms with Crippen LogP contribution in [0, 0.1) is 0 Å². The molecular formula is C86H149NO8. The van der Waals surface area contributed by atoms with E-state index in [4.69, 9.17) is 18.9 Å². The molecule has 0 aliphatic carbocycles. The third kappa shape index (κ3) is 76.9. The van der Waals surface area contributed by atoms with E-state index in [-0.39, 0.29) is 38.6 Å². The summed E-state index contributed by atoms with van der Waals surface area (Å²) in [5, 5.41) is 11.9. The Hall–Kier alpha value is -4.31. The Bertz CT molecular complexity index is 1980. The first-order chi connectivity index (χ1) is 46.6. The summed E-state index contributed by atoms with van der Waals surface area (Å²) in [5.41, 5.74) is 0. The molecule has 0 spiro atoms. The number of carboxylic acid groups (broad SMARTS) is 1. The zero-order valence-electron chi connectivity index (χ0n) is 62.5. The third-order valence-corrected chi connectivity index (χ3v) is 17.2. The second-order valence-electron chi connectivity index (χ2n) is 27.6. The van der Waals surface area contributed by atoms with Gasteiger partial charge < -0.3 is 33.3 Å². The molecule has 2 atom stereocenters. The number of allylic oxidation sites excluding steroid dienone is 20. The lowest BCUT2D eigenvalue weighted by atomic mass is 10.0. The van der Waals surface area contributed by atoms with Crippen molar-refractivity contribution < 1.29 is 42.9 Å². The first-order valence-corrected chi connectivity index (χ1v) is 39.7. The SMILES string of the molecule is CC/C=C\C/C=C\C/C=C\C/C=C\C/C=C\C/C=C\C/C=C\C/C=C\CCCCCCCCC(=O)OC(COC(=O)CCCCCCCCCCCCCCCCCCCCCCCCCCCCC/C=C\C/C=C\CCCCCCC)COC(OCC[N+](C)(C)C)C(=O)[O-]. The molecule has 0 aliphatic rings. The van der Waals surface area contributed by atoms with E-state index in [0.717, 1.165) is 116 Å². The Morgan fingerprint density at radius 2 is 0.600 bits per heavy atom. The van der Waals surface area contributed by atoms with Crippen molar-refractivity contribution in [2.45, 2.75) is 360 Å². The molecule has 0 aliphatic heterocycles. The van der Waals surface area contributed by atoms with Gasteiger partial charge in [-0.3, -0.25) is 9.59 Å². The third-order valence-electron chi connectivity index (χ3n) is 17.2. The first kappa shape index (κ1) is 90.7. The molecule has 0 saturated heterocycles. The molecule has 0 bridgehead atoms. The number of likely N-dealkylation sites (N-methyl/N-ethyl adjacent to an activating group) is 1. The maximum absolute atomic E-state index is 13.0. The van der Waals surface area contributed by atoms with Crippen LogP contribution in [0.2, 0.25) is 0 Å². The predicted molar refractivity (Wildman–Crippen MR) is 407 cm³/mol. The minimum Gasteiger partial charge on any atom is -0.545 e. The molecule has 0 aromatic carbocycles. The predicted octanol–water partition coefficient (Wildman–Crippen LogP) is 24.1. The van der Waals surface area contributed by atoms with Crippen molar-refractivity contribution in [3.05, 3.63) is 122 Å². The van der Waals surface area contributed by atoms with Gasteiger partial charge >= 0.3 is 11.9 Å². The molecule has 0 heterocycles.